The number of hydrogen-bond donors (Lipinski definition) is 1. The lowest BCUT2D eigenvalue weighted by Crippen LogP contribution is -2.35. The maximum Gasteiger partial charge on any atom is 0.225 e. The van der Waals surface area contributed by atoms with Gasteiger partial charge >= 0.3 is 0 Å². The summed E-state index contributed by atoms with van der Waals surface area (Å²) < 4.78 is 0. The number of amides is 1. The van der Waals surface area contributed by atoms with Crippen LogP contribution in [-0.2, 0) is 4.79 Å². The number of carbonyl (C=O) groups excluding carboxylic acids is 1. The van der Waals surface area contributed by atoms with Crippen molar-refractivity contribution < 1.29 is 4.79 Å². The third-order valence-corrected chi connectivity index (χ3v) is 2.82. The maximum atomic E-state index is 11.6. The summed E-state index contributed by atoms with van der Waals surface area (Å²) in [7, 11) is 0. The van der Waals surface area contributed by atoms with E-state index in [1.165, 1.54) is 25.7 Å². The van der Waals surface area contributed by atoms with Crippen LogP contribution in [0.25, 0.3) is 0 Å². The molecular formula is C15H31NO. The van der Waals surface area contributed by atoms with E-state index in [0.717, 1.165) is 13.0 Å². The van der Waals surface area contributed by atoms with Crippen molar-refractivity contribution in [2.24, 2.45) is 10.8 Å². The Balaban J connectivity index is 3.39. The SMILES string of the molecule is CC(C)(C)CCCCCCNC(=O)C(C)(C)C. The zero-order valence-electron chi connectivity index (χ0n) is 12.7. The van der Waals surface area contributed by atoms with Crippen LogP contribution < -0.4 is 5.32 Å². The van der Waals surface area contributed by atoms with Crippen LogP contribution >= 0.6 is 0 Å². The molecule has 0 radical (unpaired) electrons. The summed E-state index contributed by atoms with van der Waals surface area (Å²) in [6.07, 6.45) is 6.20. The van der Waals surface area contributed by atoms with Gasteiger partial charge in [-0.2, -0.15) is 0 Å². The molecule has 0 atom stereocenters. The van der Waals surface area contributed by atoms with Gasteiger partial charge in [-0.05, 0) is 18.3 Å². The molecule has 0 saturated heterocycles. The molecule has 1 N–H and O–H groups in total. The summed E-state index contributed by atoms with van der Waals surface area (Å²) in [5.74, 6) is 0.159. The molecule has 0 spiro atoms. The monoisotopic (exact) mass is 241 g/mol. The Morgan fingerprint density at radius 1 is 0.882 bits per heavy atom. The van der Waals surface area contributed by atoms with Gasteiger partial charge in [0.25, 0.3) is 0 Å². The second-order valence-corrected chi connectivity index (χ2v) is 7.23. The quantitative estimate of drug-likeness (QED) is 0.696. The van der Waals surface area contributed by atoms with Crippen molar-refractivity contribution in [1.29, 1.82) is 0 Å². The topological polar surface area (TPSA) is 29.1 Å². The summed E-state index contributed by atoms with van der Waals surface area (Å²) in [5.41, 5.74) is 0.201. The Labute approximate surface area is 108 Å². The van der Waals surface area contributed by atoms with E-state index in [1.807, 2.05) is 20.8 Å². The zero-order valence-corrected chi connectivity index (χ0v) is 12.7. The van der Waals surface area contributed by atoms with Crippen LogP contribution in [0.5, 0.6) is 0 Å². The Kier molecular flexibility index (Phi) is 6.81. The van der Waals surface area contributed by atoms with Crippen LogP contribution in [0.15, 0.2) is 0 Å². The zero-order chi connectivity index (χ0) is 13.5. The van der Waals surface area contributed by atoms with Gasteiger partial charge in [0.1, 0.15) is 0 Å². The predicted molar refractivity (Wildman–Crippen MR) is 75.0 cm³/mol. The molecule has 0 aliphatic rings. The molecule has 0 fully saturated rings. The van der Waals surface area contributed by atoms with Crippen molar-refractivity contribution in [3.63, 3.8) is 0 Å². The first-order valence-electron chi connectivity index (χ1n) is 6.91. The summed E-state index contributed by atoms with van der Waals surface area (Å²) >= 11 is 0. The van der Waals surface area contributed by atoms with Crippen molar-refractivity contribution in [1.82, 2.24) is 5.32 Å². The highest BCUT2D eigenvalue weighted by molar-refractivity contribution is 5.81. The molecule has 0 aromatic rings. The molecule has 0 rings (SSSR count). The fourth-order valence-corrected chi connectivity index (χ4v) is 1.60. The lowest BCUT2D eigenvalue weighted by Gasteiger charge is -2.18. The molecule has 2 heteroatoms. The summed E-state index contributed by atoms with van der Waals surface area (Å²) in [6, 6.07) is 0. The van der Waals surface area contributed by atoms with Gasteiger partial charge in [0.2, 0.25) is 5.91 Å². The van der Waals surface area contributed by atoms with Gasteiger partial charge < -0.3 is 5.32 Å². The van der Waals surface area contributed by atoms with Gasteiger partial charge in [-0.15, -0.1) is 0 Å². The minimum Gasteiger partial charge on any atom is -0.356 e. The van der Waals surface area contributed by atoms with E-state index in [9.17, 15) is 4.79 Å². The number of hydrogen-bond acceptors (Lipinski definition) is 1. The van der Waals surface area contributed by atoms with E-state index >= 15 is 0 Å². The molecule has 1 amide bonds. The Bertz CT molecular complexity index is 220. The molecule has 0 saturated carbocycles. The fraction of sp³-hybridized carbons (Fsp3) is 0.933. The fourth-order valence-electron chi connectivity index (χ4n) is 1.60. The molecular weight excluding hydrogens is 210 g/mol. The van der Waals surface area contributed by atoms with Crippen LogP contribution in [0.1, 0.15) is 73.6 Å². The maximum absolute atomic E-state index is 11.6. The van der Waals surface area contributed by atoms with Crippen molar-refractivity contribution >= 4 is 5.91 Å². The van der Waals surface area contributed by atoms with Crippen LogP contribution in [0, 0.1) is 10.8 Å². The molecule has 0 unspecified atom stereocenters. The van der Waals surface area contributed by atoms with Crippen LogP contribution in [0.4, 0.5) is 0 Å². The smallest absolute Gasteiger partial charge is 0.225 e. The van der Waals surface area contributed by atoms with Crippen molar-refractivity contribution in [2.75, 3.05) is 6.54 Å². The lowest BCUT2D eigenvalue weighted by atomic mass is 9.89. The predicted octanol–water partition coefficient (Wildman–Crippen LogP) is 4.15. The Hall–Kier alpha value is -0.530. The van der Waals surface area contributed by atoms with Crippen molar-refractivity contribution in [3.05, 3.63) is 0 Å². The third-order valence-electron chi connectivity index (χ3n) is 2.82. The molecule has 0 aliphatic carbocycles. The molecule has 0 aliphatic heterocycles. The average molecular weight is 241 g/mol. The molecule has 17 heavy (non-hydrogen) atoms. The average Bonchev–Trinajstić information content (AvgIpc) is 2.12. The van der Waals surface area contributed by atoms with Crippen molar-refractivity contribution in [2.45, 2.75) is 73.6 Å². The normalized spacial score (nSPS) is 12.6. The molecule has 2 nitrogen and oxygen atoms in total. The van der Waals surface area contributed by atoms with Crippen LogP contribution in [0.2, 0.25) is 0 Å². The largest absolute Gasteiger partial charge is 0.356 e. The number of carbonyl (C=O) groups is 1. The second-order valence-electron chi connectivity index (χ2n) is 7.23. The summed E-state index contributed by atoms with van der Waals surface area (Å²) in [5, 5.41) is 2.99. The van der Waals surface area contributed by atoms with Gasteiger partial charge in [-0.1, -0.05) is 60.8 Å². The van der Waals surface area contributed by atoms with Gasteiger partial charge in [0.05, 0.1) is 0 Å². The first-order chi connectivity index (χ1) is 7.63. The van der Waals surface area contributed by atoms with Gasteiger partial charge in [0.15, 0.2) is 0 Å². The Morgan fingerprint density at radius 2 is 1.41 bits per heavy atom. The van der Waals surface area contributed by atoms with Crippen LogP contribution in [0.3, 0.4) is 0 Å². The number of rotatable bonds is 6. The van der Waals surface area contributed by atoms with E-state index in [4.69, 9.17) is 0 Å². The van der Waals surface area contributed by atoms with Crippen molar-refractivity contribution in [3.8, 4) is 0 Å². The first kappa shape index (κ1) is 16.5. The van der Waals surface area contributed by atoms with E-state index in [-0.39, 0.29) is 11.3 Å². The summed E-state index contributed by atoms with van der Waals surface area (Å²) in [4.78, 5) is 11.6. The first-order valence-corrected chi connectivity index (χ1v) is 6.91. The van der Waals surface area contributed by atoms with E-state index in [0.29, 0.717) is 5.41 Å². The van der Waals surface area contributed by atoms with E-state index < -0.39 is 0 Å². The van der Waals surface area contributed by atoms with Gasteiger partial charge in [0, 0.05) is 12.0 Å². The molecule has 0 aromatic carbocycles. The minimum absolute atomic E-state index is 0.159. The second kappa shape index (κ2) is 7.03. The highest BCUT2D eigenvalue weighted by atomic mass is 16.2. The van der Waals surface area contributed by atoms with Crippen LogP contribution in [-0.4, -0.2) is 12.5 Å². The van der Waals surface area contributed by atoms with Gasteiger partial charge in [-0.3, -0.25) is 4.79 Å². The highest BCUT2D eigenvalue weighted by Gasteiger charge is 2.20. The third kappa shape index (κ3) is 10.3. The molecule has 0 heterocycles. The molecule has 0 aromatic heterocycles. The highest BCUT2D eigenvalue weighted by Crippen LogP contribution is 2.22. The molecule has 102 valence electrons. The lowest BCUT2D eigenvalue weighted by molar-refractivity contribution is -0.128. The van der Waals surface area contributed by atoms with E-state index in [1.54, 1.807) is 0 Å². The number of unbranched alkanes of at least 4 members (excludes halogenated alkanes) is 3. The Morgan fingerprint density at radius 3 is 1.88 bits per heavy atom. The van der Waals surface area contributed by atoms with Gasteiger partial charge in [-0.25, -0.2) is 0 Å². The number of nitrogens with one attached hydrogen (secondary N) is 1. The summed E-state index contributed by atoms with van der Waals surface area (Å²) in [6.45, 7) is 13.5. The van der Waals surface area contributed by atoms with E-state index in [2.05, 4.69) is 26.1 Å². The molecule has 0 bridgehead atoms. The standard InChI is InChI=1S/C15H31NO/c1-14(2,3)11-9-7-8-10-12-16-13(17)15(4,5)6/h7-12H2,1-6H3,(H,16,17). The minimum atomic E-state index is -0.258.